The molecule has 42 heavy (non-hydrogen) atoms. The topological polar surface area (TPSA) is 105 Å². The number of aryl methyl sites for hydroxylation is 1. The van der Waals surface area contributed by atoms with E-state index in [0.29, 0.717) is 36.8 Å². The van der Waals surface area contributed by atoms with Crippen LogP contribution in [0.5, 0.6) is 11.5 Å². The lowest BCUT2D eigenvalue weighted by Gasteiger charge is -2.33. The number of hydrogen-bond acceptors (Lipinski definition) is 6. The predicted molar refractivity (Wildman–Crippen MR) is 164 cm³/mol. The summed E-state index contributed by atoms with van der Waals surface area (Å²) >= 11 is 0. The van der Waals surface area contributed by atoms with Gasteiger partial charge in [0, 0.05) is 13.1 Å². The fourth-order valence-electron chi connectivity index (χ4n) is 4.45. The lowest BCUT2D eigenvalue weighted by molar-refractivity contribution is -0.140. The molecule has 3 aromatic carbocycles. The first-order valence-electron chi connectivity index (χ1n) is 14.2. The Hall–Kier alpha value is -4.05. The average molecular weight is 596 g/mol. The zero-order valence-corrected chi connectivity index (χ0v) is 25.8. The van der Waals surface area contributed by atoms with E-state index >= 15 is 0 Å². The third-order valence-corrected chi connectivity index (χ3v) is 8.56. The number of nitrogens with zero attached hydrogens (tertiary/aromatic N) is 2. The van der Waals surface area contributed by atoms with E-state index in [2.05, 4.69) is 5.32 Å². The second-order valence-electron chi connectivity index (χ2n) is 9.84. The fraction of sp³-hybridized carbons (Fsp3) is 0.375. The fourth-order valence-corrected chi connectivity index (χ4v) is 5.87. The van der Waals surface area contributed by atoms with Crippen molar-refractivity contribution in [2.24, 2.45) is 0 Å². The molecule has 0 aromatic heterocycles. The summed E-state index contributed by atoms with van der Waals surface area (Å²) in [5, 5.41) is 2.89. The minimum atomic E-state index is -4.16. The third kappa shape index (κ3) is 8.25. The molecule has 0 aliphatic heterocycles. The van der Waals surface area contributed by atoms with Crippen molar-refractivity contribution in [1.29, 1.82) is 0 Å². The van der Waals surface area contributed by atoms with Gasteiger partial charge in [0.15, 0.2) is 0 Å². The van der Waals surface area contributed by atoms with Crippen LogP contribution in [0.15, 0.2) is 77.7 Å². The average Bonchev–Trinajstić information content (AvgIpc) is 2.99. The van der Waals surface area contributed by atoms with E-state index in [1.807, 2.05) is 39.8 Å². The maximum Gasteiger partial charge on any atom is 0.264 e. The van der Waals surface area contributed by atoms with Gasteiger partial charge in [0.1, 0.15) is 24.1 Å². The van der Waals surface area contributed by atoms with Crippen LogP contribution in [0.1, 0.15) is 44.7 Å². The van der Waals surface area contributed by atoms with E-state index in [-0.39, 0.29) is 17.3 Å². The number of nitrogens with one attached hydrogen (secondary N) is 1. The Morgan fingerprint density at radius 2 is 1.50 bits per heavy atom. The SMILES string of the molecule is CCCNC(=O)[C@@H](CC)N(Cc1ccc(OC)cc1)C(=O)CN(c1ccc(C)cc1)S(=O)(=O)c1ccc(OCC)cc1. The van der Waals surface area contributed by atoms with Gasteiger partial charge in [0.25, 0.3) is 10.0 Å². The molecule has 0 aliphatic carbocycles. The number of carbonyl (C=O) groups is 2. The molecule has 9 nitrogen and oxygen atoms in total. The van der Waals surface area contributed by atoms with Crippen LogP contribution >= 0.6 is 0 Å². The van der Waals surface area contributed by atoms with E-state index < -0.39 is 28.5 Å². The molecule has 0 radical (unpaired) electrons. The molecule has 0 bridgehead atoms. The molecule has 0 spiro atoms. The van der Waals surface area contributed by atoms with Crippen LogP contribution < -0.4 is 19.1 Å². The molecular formula is C32H41N3O6S. The van der Waals surface area contributed by atoms with Gasteiger partial charge in [0.05, 0.1) is 24.3 Å². The van der Waals surface area contributed by atoms with Crippen molar-refractivity contribution < 1.29 is 27.5 Å². The van der Waals surface area contributed by atoms with E-state index in [1.54, 1.807) is 55.6 Å². The molecule has 226 valence electrons. The molecule has 0 heterocycles. The maximum atomic E-state index is 14.1. The second-order valence-corrected chi connectivity index (χ2v) is 11.7. The van der Waals surface area contributed by atoms with Crippen molar-refractivity contribution in [1.82, 2.24) is 10.2 Å². The third-order valence-electron chi connectivity index (χ3n) is 6.77. The molecule has 0 saturated carbocycles. The molecule has 0 fully saturated rings. The van der Waals surface area contributed by atoms with Gasteiger partial charge in [-0.15, -0.1) is 0 Å². The Balaban J connectivity index is 2.03. The molecule has 1 atom stereocenters. The summed E-state index contributed by atoms with van der Waals surface area (Å²) in [6.07, 6.45) is 1.10. The van der Waals surface area contributed by atoms with Crippen LogP contribution in [0.2, 0.25) is 0 Å². The Morgan fingerprint density at radius 3 is 2.05 bits per heavy atom. The summed E-state index contributed by atoms with van der Waals surface area (Å²) in [4.78, 5) is 28.8. The highest BCUT2D eigenvalue weighted by atomic mass is 32.2. The molecule has 0 saturated heterocycles. The van der Waals surface area contributed by atoms with Crippen LogP contribution in [-0.2, 0) is 26.2 Å². The standard InChI is InChI=1S/C32H41N3O6S/c1-6-21-33-32(37)30(7-2)34(22-25-11-15-27(40-5)16-12-25)31(36)23-35(26-13-9-24(4)10-14-26)42(38,39)29-19-17-28(18-20-29)41-8-3/h9-20,30H,6-8,21-23H2,1-5H3,(H,33,37)/t30-/m1/s1. The van der Waals surface area contributed by atoms with Crippen LogP contribution in [0.3, 0.4) is 0 Å². The van der Waals surface area contributed by atoms with Gasteiger partial charge in [-0.2, -0.15) is 0 Å². The van der Waals surface area contributed by atoms with Crippen molar-refractivity contribution >= 4 is 27.5 Å². The monoisotopic (exact) mass is 595 g/mol. The highest BCUT2D eigenvalue weighted by molar-refractivity contribution is 7.92. The number of ether oxygens (including phenoxy) is 2. The number of carbonyl (C=O) groups excluding carboxylic acids is 2. The van der Waals surface area contributed by atoms with Crippen molar-refractivity contribution in [3.63, 3.8) is 0 Å². The zero-order valence-electron chi connectivity index (χ0n) is 25.0. The highest BCUT2D eigenvalue weighted by Crippen LogP contribution is 2.27. The molecule has 3 rings (SSSR count). The highest BCUT2D eigenvalue weighted by Gasteiger charge is 2.33. The summed E-state index contributed by atoms with van der Waals surface area (Å²) in [7, 11) is -2.59. The quantitative estimate of drug-likeness (QED) is 0.267. The number of methoxy groups -OCH3 is 1. The summed E-state index contributed by atoms with van der Waals surface area (Å²) in [6.45, 7) is 8.08. The first kappa shape index (κ1) is 32.5. The van der Waals surface area contributed by atoms with Gasteiger partial charge in [-0.3, -0.25) is 13.9 Å². The summed E-state index contributed by atoms with van der Waals surface area (Å²) in [6, 6.07) is 19.5. The lowest BCUT2D eigenvalue weighted by atomic mass is 10.1. The molecule has 0 aliphatic rings. The Labute approximate surface area is 249 Å². The number of hydrogen-bond donors (Lipinski definition) is 1. The van der Waals surface area contributed by atoms with E-state index in [1.165, 1.54) is 17.0 Å². The first-order valence-corrected chi connectivity index (χ1v) is 15.6. The van der Waals surface area contributed by atoms with Gasteiger partial charge >= 0.3 is 0 Å². The second kappa shape index (κ2) is 15.3. The molecule has 1 N–H and O–H groups in total. The number of rotatable bonds is 15. The van der Waals surface area contributed by atoms with Crippen LogP contribution in [0, 0.1) is 6.92 Å². The van der Waals surface area contributed by atoms with Crippen molar-refractivity contribution in [2.75, 3.05) is 31.1 Å². The lowest BCUT2D eigenvalue weighted by Crippen LogP contribution is -2.52. The molecule has 2 amide bonds. The number of benzene rings is 3. The minimum Gasteiger partial charge on any atom is -0.497 e. The van der Waals surface area contributed by atoms with Gasteiger partial charge in [-0.25, -0.2) is 8.42 Å². The largest absolute Gasteiger partial charge is 0.497 e. The van der Waals surface area contributed by atoms with E-state index in [4.69, 9.17) is 9.47 Å². The van der Waals surface area contributed by atoms with Crippen LogP contribution in [0.4, 0.5) is 5.69 Å². The molecule has 10 heteroatoms. The number of amides is 2. The maximum absolute atomic E-state index is 14.1. The number of sulfonamides is 1. The normalized spacial score (nSPS) is 11.8. The molecule has 3 aromatic rings. The van der Waals surface area contributed by atoms with Crippen molar-refractivity contribution in [3.8, 4) is 11.5 Å². The Bertz CT molecular complexity index is 1410. The van der Waals surface area contributed by atoms with Crippen LogP contribution in [-0.4, -0.2) is 58.0 Å². The predicted octanol–water partition coefficient (Wildman–Crippen LogP) is 4.93. The van der Waals surface area contributed by atoms with Gasteiger partial charge in [-0.05, 0) is 80.8 Å². The molecule has 0 unspecified atom stereocenters. The van der Waals surface area contributed by atoms with Gasteiger partial charge in [-0.1, -0.05) is 43.7 Å². The van der Waals surface area contributed by atoms with Gasteiger partial charge < -0.3 is 19.7 Å². The summed E-state index contributed by atoms with van der Waals surface area (Å²) in [5.41, 5.74) is 2.07. The zero-order chi connectivity index (χ0) is 30.7. The van der Waals surface area contributed by atoms with Crippen LogP contribution in [0.25, 0.3) is 0 Å². The number of anilines is 1. The summed E-state index contributed by atoms with van der Waals surface area (Å²) in [5.74, 6) is 0.428. The van der Waals surface area contributed by atoms with Crippen molar-refractivity contribution in [3.05, 3.63) is 83.9 Å². The molecular weight excluding hydrogens is 554 g/mol. The Kier molecular flexibility index (Phi) is 11.8. The van der Waals surface area contributed by atoms with Crippen molar-refractivity contribution in [2.45, 2.75) is 58.0 Å². The summed E-state index contributed by atoms with van der Waals surface area (Å²) < 4.78 is 39.8. The smallest absolute Gasteiger partial charge is 0.264 e. The first-order chi connectivity index (χ1) is 20.1. The van der Waals surface area contributed by atoms with E-state index in [0.717, 1.165) is 21.9 Å². The van der Waals surface area contributed by atoms with Gasteiger partial charge in [0.2, 0.25) is 11.8 Å². The minimum absolute atomic E-state index is 0.0220. The van der Waals surface area contributed by atoms with E-state index in [9.17, 15) is 18.0 Å². The Morgan fingerprint density at radius 1 is 0.881 bits per heavy atom.